The minimum absolute atomic E-state index is 0.0162. The second-order valence-corrected chi connectivity index (χ2v) is 10.1. The third kappa shape index (κ3) is 4.07. The van der Waals surface area contributed by atoms with Gasteiger partial charge in [0.1, 0.15) is 0 Å². The number of anilines is 1. The average Bonchev–Trinajstić information content (AvgIpc) is 3.68. The molecule has 1 unspecified atom stereocenters. The number of hydrogen-bond acceptors (Lipinski definition) is 7. The van der Waals surface area contributed by atoms with E-state index in [0.717, 1.165) is 34.1 Å². The molecule has 7 heteroatoms. The molecule has 0 amide bonds. The summed E-state index contributed by atoms with van der Waals surface area (Å²) in [4.78, 5) is 6.21. The van der Waals surface area contributed by atoms with E-state index in [0.29, 0.717) is 11.5 Å². The number of benzene rings is 3. The van der Waals surface area contributed by atoms with Gasteiger partial charge < -0.3 is 9.47 Å². The van der Waals surface area contributed by atoms with Gasteiger partial charge in [-0.3, -0.25) is 0 Å². The molecular formula is C28H23N3O2S2. The van der Waals surface area contributed by atoms with Gasteiger partial charge in [-0.15, -0.1) is 22.7 Å². The summed E-state index contributed by atoms with van der Waals surface area (Å²) < 4.78 is 11.0. The predicted molar refractivity (Wildman–Crippen MR) is 145 cm³/mol. The van der Waals surface area contributed by atoms with Gasteiger partial charge in [0.05, 0.1) is 36.5 Å². The summed E-state index contributed by atoms with van der Waals surface area (Å²) in [6.45, 7) is 0. The lowest BCUT2D eigenvalue weighted by Gasteiger charge is -2.22. The lowest BCUT2D eigenvalue weighted by molar-refractivity contribution is 0.354. The quantitative estimate of drug-likeness (QED) is 0.245. The molecule has 1 atom stereocenters. The van der Waals surface area contributed by atoms with Crippen molar-refractivity contribution in [3.8, 4) is 22.8 Å². The van der Waals surface area contributed by atoms with Gasteiger partial charge in [0.15, 0.2) is 11.5 Å². The standard InChI is InChI=1S/C28H23N3O2S2/c1-32-25-12-11-21(15-26(25)33-2)24-16-22(27-8-5-13-34-27)30-31(24)28-29-23(17-35-28)20-10-9-18-6-3-4-7-19(18)14-20/h3-15,17,24H,16H2,1-2H3. The molecule has 6 rings (SSSR count). The van der Waals surface area contributed by atoms with E-state index in [1.54, 1.807) is 36.9 Å². The Morgan fingerprint density at radius 1 is 0.857 bits per heavy atom. The topological polar surface area (TPSA) is 47.0 Å². The molecule has 0 spiro atoms. The molecule has 0 fully saturated rings. The Morgan fingerprint density at radius 3 is 2.51 bits per heavy atom. The van der Waals surface area contributed by atoms with Crippen molar-refractivity contribution in [1.82, 2.24) is 4.98 Å². The number of ether oxygens (including phenoxy) is 2. The van der Waals surface area contributed by atoms with Gasteiger partial charge in [0, 0.05) is 17.4 Å². The van der Waals surface area contributed by atoms with Crippen molar-refractivity contribution < 1.29 is 9.47 Å². The Bertz CT molecular complexity index is 1520. The number of hydrazone groups is 1. The first kappa shape index (κ1) is 21.8. The fourth-order valence-electron chi connectivity index (χ4n) is 4.45. The zero-order valence-electron chi connectivity index (χ0n) is 19.3. The highest BCUT2D eigenvalue weighted by Crippen LogP contribution is 2.42. The van der Waals surface area contributed by atoms with Crippen LogP contribution < -0.4 is 14.5 Å². The highest BCUT2D eigenvalue weighted by Gasteiger charge is 2.32. The Labute approximate surface area is 211 Å². The number of rotatable bonds is 6. The van der Waals surface area contributed by atoms with Crippen LogP contribution in [0.5, 0.6) is 11.5 Å². The number of thiophene rings is 1. The zero-order chi connectivity index (χ0) is 23.8. The summed E-state index contributed by atoms with van der Waals surface area (Å²) in [5.74, 6) is 1.43. The molecule has 0 bridgehead atoms. The number of aromatic nitrogens is 1. The molecule has 3 aromatic carbocycles. The molecule has 0 saturated carbocycles. The lowest BCUT2D eigenvalue weighted by atomic mass is 10.0. The van der Waals surface area contributed by atoms with Crippen LogP contribution in [0.2, 0.25) is 0 Å². The van der Waals surface area contributed by atoms with E-state index in [9.17, 15) is 0 Å². The fourth-order valence-corrected chi connectivity index (χ4v) is 6.00. The number of methoxy groups -OCH3 is 2. The second kappa shape index (κ2) is 9.17. The Kier molecular flexibility index (Phi) is 5.72. The fraction of sp³-hybridized carbons (Fsp3) is 0.143. The monoisotopic (exact) mass is 497 g/mol. The van der Waals surface area contributed by atoms with Crippen molar-refractivity contribution in [2.24, 2.45) is 5.10 Å². The molecule has 5 aromatic rings. The molecule has 0 aliphatic carbocycles. The highest BCUT2D eigenvalue weighted by molar-refractivity contribution is 7.14. The van der Waals surface area contributed by atoms with Gasteiger partial charge in [-0.25, -0.2) is 9.99 Å². The maximum absolute atomic E-state index is 5.58. The minimum atomic E-state index is 0.0162. The van der Waals surface area contributed by atoms with Crippen LogP contribution in [-0.4, -0.2) is 24.9 Å². The first-order chi connectivity index (χ1) is 17.2. The molecule has 0 radical (unpaired) electrons. The van der Waals surface area contributed by atoms with Gasteiger partial charge in [-0.1, -0.05) is 48.5 Å². The number of thiazole rings is 1. The Hall–Kier alpha value is -3.68. The Balaban J connectivity index is 1.39. The average molecular weight is 498 g/mol. The van der Waals surface area contributed by atoms with Crippen molar-refractivity contribution in [3.05, 3.63) is 94.0 Å². The van der Waals surface area contributed by atoms with E-state index in [1.165, 1.54) is 15.6 Å². The van der Waals surface area contributed by atoms with Crippen molar-refractivity contribution in [2.45, 2.75) is 12.5 Å². The van der Waals surface area contributed by atoms with Crippen molar-refractivity contribution >= 4 is 44.3 Å². The van der Waals surface area contributed by atoms with Crippen LogP contribution in [0.1, 0.15) is 22.9 Å². The molecule has 0 N–H and O–H groups in total. The molecule has 1 aliphatic heterocycles. The summed E-state index contributed by atoms with van der Waals surface area (Å²) in [6, 6.07) is 25.2. The molecule has 3 heterocycles. The molecule has 174 valence electrons. The van der Waals surface area contributed by atoms with E-state index >= 15 is 0 Å². The van der Waals surface area contributed by atoms with E-state index in [2.05, 4.69) is 76.4 Å². The van der Waals surface area contributed by atoms with Crippen LogP contribution >= 0.6 is 22.7 Å². The van der Waals surface area contributed by atoms with Crippen LogP contribution in [0.3, 0.4) is 0 Å². The van der Waals surface area contributed by atoms with Gasteiger partial charge in [0.25, 0.3) is 0 Å². The summed E-state index contributed by atoms with van der Waals surface area (Å²) in [5.41, 5.74) is 4.25. The van der Waals surface area contributed by atoms with E-state index in [-0.39, 0.29) is 6.04 Å². The molecule has 0 saturated heterocycles. The van der Waals surface area contributed by atoms with E-state index in [4.69, 9.17) is 19.6 Å². The summed E-state index contributed by atoms with van der Waals surface area (Å²) in [7, 11) is 3.32. The largest absolute Gasteiger partial charge is 0.493 e. The van der Waals surface area contributed by atoms with Crippen LogP contribution in [0.25, 0.3) is 22.0 Å². The SMILES string of the molecule is COc1ccc(C2CC(c3cccs3)=NN2c2nc(-c3ccc4ccccc4c3)cs2)cc1OC. The number of nitrogens with zero attached hydrogens (tertiary/aromatic N) is 3. The first-order valence-electron chi connectivity index (χ1n) is 11.3. The van der Waals surface area contributed by atoms with Crippen molar-refractivity contribution in [3.63, 3.8) is 0 Å². The van der Waals surface area contributed by atoms with Gasteiger partial charge in [-0.2, -0.15) is 5.10 Å². The van der Waals surface area contributed by atoms with Gasteiger partial charge >= 0.3 is 0 Å². The lowest BCUT2D eigenvalue weighted by Crippen LogP contribution is -2.18. The second-order valence-electron chi connectivity index (χ2n) is 8.28. The van der Waals surface area contributed by atoms with Gasteiger partial charge in [-0.05, 0) is 46.0 Å². The smallest absolute Gasteiger partial charge is 0.207 e. The highest BCUT2D eigenvalue weighted by atomic mass is 32.1. The third-order valence-corrected chi connectivity index (χ3v) is 7.99. The summed E-state index contributed by atoms with van der Waals surface area (Å²) in [6.07, 6.45) is 0.793. The molecule has 1 aliphatic rings. The number of fused-ring (bicyclic) bond motifs is 1. The third-order valence-electron chi connectivity index (χ3n) is 6.24. The summed E-state index contributed by atoms with van der Waals surface area (Å²) >= 11 is 3.33. The van der Waals surface area contributed by atoms with Crippen LogP contribution in [0, 0.1) is 0 Å². The molecule has 5 nitrogen and oxygen atoms in total. The maximum Gasteiger partial charge on any atom is 0.207 e. The molecule has 35 heavy (non-hydrogen) atoms. The zero-order valence-corrected chi connectivity index (χ0v) is 21.0. The normalized spacial score (nSPS) is 15.4. The number of hydrogen-bond donors (Lipinski definition) is 0. The minimum Gasteiger partial charge on any atom is -0.493 e. The van der Waals surface area contributed by atoms with E-state index < -0.39 is 0 Å². The van der Waals surface area contributed by atoms with Crippen molar-refractivity contribution in [1.29, 1.82) is 0 Å². The van der Waals surface area contributed by atoms with E-state index in [1.807, 2.05) is 12.1 Å². The van der Waals surface area contributed by atoms with Gasteiger partial charge in [0.2, 0.25) is 5.13 Å². The maximum atomic E-state index is 5.58. The first-order valence-corrected chi connectivity index (χ1v) is 13.1. The Morgan fingerprint density at radius 2 is 1.71 bits per heavy atom. The molecular weight excluding hydrogens is 474 g/mol. The summed E-state index contributed by atoms with van der Waals surface area (Å²) in [5, 5.41) is 14.6. The van der Waals surface area contributed by atoms with Crippen LogP contribution in [-0.2, 0) is 0 Å². The molecule has 2 aromatic heterocycles. The van der Waals surface area contributed by atoms with Crippen LogP contribution in [0.15, 0.2) is 88.7 Å². The van der Waals surface area contributed by atoms with Crippen molar-refractivity contribution in [2.75, 3.05) is 19.2 Å². The van der Waals surface area contributed by atoms with Crippen LogP contribution in [0.4, 0.5) is 5.13 Å². The predicted octanol–water partition coefficient (Wildman–Crippen LogP) is 7.40.